The Morgan fingerprint density at radius 2 is 2.17 bits per heavy atom. The highest BCUT2D eigenvalue weighted by Gasteiger charge is 2.31. The van der Waals surface area contributed by atoms with Crippen LogP contribution in [0.2, 0.25) is 5.02 Å². The van der Waals surface area contributed by atoms with Gasteiger partial charge in [0.1, 0.15) is 5.69 Å². The number of hydrogen-bond donors (Lipinski definition) is 1. The SMILES string of the molecule is O=C(c1ccc(Cl)cn1)N1CCC2CCC(C1)N2. The number of fused-ring (bicyclic) bond motifs is 2. The zero-order valence-corrected chi connectivity index (χ0v) is 10.9. The van der Waals surface area contributed by atoms with Gasteiger partial charge in [-0.05, 0) is 31.4 Å². The Morgan fingerprint density at radius 3 is 2.94 bits per heavy atom. The van der Waals surface area contributed by atoms with Crippen molar-refractivity contribution in [3.63, 3.8) is 0 Å². The molecule has 2 aliphatic heterocycles. The third-order valence-electron chi connectivity index (χ3n) is 3.76. The Labute approximate surface area is 111 Å². The van der Waals surface area contributed by atoms with Gasteiger partial charge in [-0.3, -0.25) is 4.79 Å². The number of nitrogens with zero attached hydrogens (tertiary/aromatic N) is 2. The molecule has 2 saturated heterocycles. The molecule has 1 amide bonds. The van der Waals surface area contributed by atoms with Gasteiger partial charge in [0.15, 0.2) is 0 Å². The van der Waals surface area contributed by atoms with E-state index in [1.807, 2.05) is 4.90 Å². The van der Waals surface area contributed by atoms with Gasteiger partial charge in [0, 0.05) is 31.4 Å². The van der Waals surface area contributed by atoms with Crippen LogP contribution in [0.25, 0.3) is 0 Å². The van der Waals surface area contributed by atoms with E-state index in [9.17, 15) is 4.79 Å². The third kappa shape index (κ3) is 2.35. The number of halogens is 1. The van der Waals surface area contributed by atoms with E-state index in [1.165, 1.54) is 19.0 Å². The maximum absolute atomic E-state index is 12.3. The first-order valence-corrected chi connectivity index (χ1v) is 6.77. The molecular weight excluding hydrogens is 250 g/mol. The van der Waals surface area contributed by atoms with E-state index >= 15 is 0 Å². The second kappa shape index (κ2) is 4.86. The van der Waals surface area contributed by atoms with Gasteiger partial charge in [0.05, 0.1) is 5.02 Å². The molecule has 2 fully saturated rings. The van der Waals surface area contributed by atoms with Crippen molar-refractivity contribution in [3.8, 4) is 0 Å². The van der Waals surface area contributed by atoms with E-state index in [2.05, 4.69) is 10.3 Å². The number of amides is 1. The number of likely N-dealkylation sites (tertiary alicyclic amines) is 1. The van der Waals surface area contributed by atoms with Crippen LogP contribution in [-0.4, -0.2) is 41.0 Å². The number of rotatable bonds is 1. The maximum atomic E-state index is 12.3. The molecule has 0 saturated carbocycles. The smallest absolute Gasteiger partial charge is 0.272 e. The summed E-state index contributed by atoms with van der Waals surface area (Å²) in [5.74, 6) is 0.0148. The summed E-state index contributed by atoms with van der Waals surface area (Å²) < 4.78 is 0. The van der Waals surface area contributed by atoms with Crippen LogP contribution in [0.4, 0.5) is 0 Å². The number of hydrogen-bond acceptors (Lipinski definition) is 3. The topological polar surface area (TPSA) is 45.2 Å². The molecule has 0 aromatic carbocycles. The molecule has 0 radical (unpaired) electrons. The van der Waals surface area contributed by atoms with Crippen LogP contribution in [0.15, 0.2) is 18.3 Å². The quantitative estimate of drug-likeness (QED) is 0.841. The van der Waals surface area contributed by atoms with E-state index in [-0.39, 0.29) is 5.91 Å². The van der Waals surface area contributed by atoms with Gasteiger partial charge in [-0.15, -0.1) is 0 Å². The number of carbonyl (C=O) groups is 1. The summed E-state index contributed by atoms with van der Waals surface area (Å²) in [6.07, 6.45) is 4.97. The molecule has 4 nitrogen and oxygen atoms in total. The van der Waals surface area contributed by atoms with Gasteiger partial charge in [0.2, 0.25) is 0 Å². The van der Waals surface area contributed by atoms with Crippen molar-refractivity contribution in [1.29, 1.82) is 0 Å². The fraction of sp³-hybridized carbons (Fsp3) is 0.538. The second-order valence-electron chi connectivity index (χ2n) is 5.04. The zero-order chi connectivity index (χ0) is 12.5. The lowest BCUT2D eigenvalue weighted by atomic mass is 10.1. The van der Waals surface area contributed by atoms with E-state index < -0.39 is 0 Å². The van der Waals surface area contributed by atoms with Crippen LogP contribution < -0.4 is 5.32 Å². The van der Waals surface area contributed by atoms with Crippen molar-refractivity contribution in [1.82, 2.24) is 15.2 Å². The molecule has 0 spiro atoms. The summed E-state index contributed by atoms with van der Waals surface area (Å²) in [6.45, 7) is 1.61. The van der Waals surface area contributed by atoms with E-state index in [4.69, 9.17) is 11.6 Å². The normalized spacial score (nSPS) is 27.1. The average molecular weight is 266 g/mol. The number of pyridine rings is 1. The highest BCUT2D eigenvalue weighted by Crippen LogP contribution is 2.21. The van der Waals surface area contributed by atoms with Gasteiger partial charge in [-0.25, -0.2) is 4.98 Å². The van der Waals surface area contributed by atoms with E-state index in [0.29, 0.717) is 22.8 Å². The van der Waals surface area contributed by atoms with Crippen molar-refractivity contribution in [2.24, 2.45) is 0 Å². The predicted octanol–water partition coefficient (Wildman–Crippen LogP) is 1.70. The molecule has 3 heterocycles. The van der Waals surface area contributed by atoms with Crippen LogP contribution in [0.1, 0.15) is 29.8 Å². The Hall–Kier alpha value is -1.13. The Bertz CT molecular complexity index is 448. The molecular formula is C13H16ClN3O. The molecule has 2 aliphatic rings. The zero-order valence-electron chi connectivity index (χ0n) is 10.1. The van der Waals surface area contributed by atoms with Crippen LogP contribution in [-0.2, 0) is 0 Å². The Balaban J connectivity index is 1.74. The molecule has 18 heavy (non-hydrogen) atoms. The average Bonchev–Trinajstić information content (AvgIpc) is 2.69. The van der Waals surface area contributed by atoms with Crippen LogP contribution in [0, 0.1) is 0 Å². The monoisotopic (exact) mass is 265 g/mol. The standard InChI is InChI=1S/C13H16ClN3O/c14-9-1-4-12(15-7-9)13(18)17-6-5-10-2-3-11(8-17)16-10/h1,4,7,10-11,16H,2-3,5-6,8H2. The van der Waals surface area contributed by atoms with Crippen LogP contribution in [0.3, 0.4) is 0 Å². The van der Waals surface area contributed by atoms with Crippen molar-refractivity contribution < 1.29 is 4.79 Å². The molecule has 1 aromatic rings. The first-order valence-electron chi connectivity index (χ1n) is 6.39. The van der Waals surface area contributed by atoms with Crippen molar-refractivity contribution in [2.45, 2.75) is 31.3 Å². The summed E-state index contributed by atoms with van der Waals surface area (Å²) in [4.78, 5) is 18.3. The number of nitrogens with one attached hydrogen (secondary N) is 1. The number of carbonyl (C=O) groups excluding carboxylic acids is 1. The third-order valence-corrected chi connectivity index (χ3v) is 3.98. The van der Waals surface area contributed by atoms with Gasteiger partial charge < -0.3 is 10.2 Å². The second-order valence-corrected chi connectivity index (χ2v) is 5.48. The molecule has 5 heteroatoms. The molecule has 2 bridgehead atoms. The first kappa shape index (κ1) is 11.9. The summed E-state index contributed by atoms with van der Waals surface area (Å²) in [5.41, 5.74) is 0.483. The molecule has 2 atom stereocenters. The van der Waals surface area contributed by atoms with Gasteiger partial charge >= 0.3 is 0 Å². The molecule has 96 valence electrons. The Morgan fingerprint density at radius 1 is 1.33 bits per heavy atom. The van der Waals surface area contributed by atoms with Crippen molar-refractivity contribution in [2.75, 3.05) is 13.1 Å². The molecule has 1 N–H and O–H groups in total. The largest absolute Gasteiger partial charge is 0.336 e. The minimum atomic E-state index is 0.0148. The lowest BCUT2D eigenvalue weighted by molar-refractivity contribution is 0.0742. The number of aromatic nitrogens is 1. The maximum Gasteiger partial charge on any atom is 0.272 e. The summed E-state index contributed by atoms with van der Waals surface area (Å²) in [5, 5.41) is 4.12. The molecule has 1 aromatic heterocycles. The van der Waals surface area contributed by atoms with Gasteiger partial charge in [-0.1, -0.05) is 11.6 Å². The summed E-state index contributed by atoms with van der Waals surface area (Å²) >= 11 is 5.78. The highest BCUT2D eigenvalue weighted by atomic mass is 35.5. The predicted molar refractivity (Wildman–Crippen MR) is 69.7 cm³/mol. The molecule has 3 rings (SSSR count). The van der Waals surface area contributed by atoms with Gasteiger partial charge in [0.25, 0.3) is 5.91 Å². The van der Waals surface area contributed by atoms with Crippen molar-refractivity contribution in [3.05, 3.63) is 29.0 Å². The first-order chi connectivity index (χ1) is 8.72. The molecule has 2 unspecified atom stereocenters. The fourth-order valence-electron chi connectivity index (χ4n) is 2.79. The van der Waals surface area contributed by atoms with Crippen LogP contribution >= 0.6 is 11.6 Å². The minimum Gasteiger partial charge on any atom is -0.336 e. The fourth-order valence-corrected chi connectivity index (χ4v) is 2.90. The van der Waals surface area contributed by atoms with E-state index in [0.717, 1.165) is 19.5 Å². The lowest BCUT2D eigenvalue weighted by Crippen LogP contribution is -2.39. The van der Waals surface area contributed by atoms with Gasteiger partial charge in [-0.2, -0.15) is 0 Å². The highest BCUT2D eigenvalue weighted by molar-refractivity contribution is 6.30. The lowest BCUT2D eigenvalue weighted by Gasteiger charge is -2.23. The van der Waals surface area contributed by atoms with Crippen LogP contribution in [0.5, 0.6) is 0 Å². The summed E-state index contributed by atoms with van der Waals surface area (Å²) in [6, 6.07) is 4.45. The van der Waals surface area contributed by atoms with Crippen molar-refractivity contribution >= 4 is 17.5 Å². The Kier molecular flexibility index (Phi) is 3.22. The van der Waals surface area contributed by atoms with E-state index in [1.54, 1.807) is 12.1 Å². The molecule has 0 aliphatic carbocycles. The summed E-state index contributed by atoms with van der Waals surface area (Å²) in [7, 11) is 0. The minimum absolute atomic E-state index is 0.0148.